The summed E-state index contributed by atoms with van der Waals surface area (Å²) in [5.41, 5.74) is 10.3. The maximum absolute atomic E-state index is 12.8. The molecule has 0 bridgehead atoms. The highest BCUT2D eigenvalue weighted by molar-refractivity contribution is 6.33. The number of methoxy groups -OCH3 is 1. The van der Waals surface area contributed by atoms with E-state index in [0.29, 0.717) is 41.5 Å². The monoisotopic (exact) mass is 500 g/mol. The summed E-state index contributed by atoms with van der Waals surface area (Å²) in [4.78, 5) is 27.8. The molecule has 0 aliphatic carbocycles. The Morgan fingerprint density at radius 1 is 1.17 bits per heavy atom. The van der Waals surface area contributed by atoms with Crippen LogP contribution in [0.15, 0.2) is 18.2 Å². The van der Waals surface area contributed by atoms with Gasteiger partial charge in [0.2, 0.25) is 0 Å². The Kier molecular flexibility index (Phi) is 7.87. The van der Waals surface area contributed by atoms with Gasteiger partial charge in [-0.3, -0.25) is 4.79 Å². The minimum Gasteiger partial charge on any atom is -0.496 e. The molecule has 2 aromatic carbocycles. The first-order chi connectivity index (χ1) is 16.8. The normalized spacial score (nSPS) is 16.0. The second-order valence-electron chi connectivity index (χ2n) is 9.34. The van der Waals surface area contributed by atoms with Crippen molar-refractivity contribution in [1.29, 1.82) is 0 Å². The summed E-state index contributed by atoms with van der Waals surface area (Å²) in [6, 6.07) is 5.35. The average molecular weight is 501 g/mol. The fourth-order valence-corrected chi connectivity index (χ4v) is 5.25. The van der Waals surface area contributed by atoms with Crippen LogP contribution in [0.1, 0.15) is 63.1 Å². The van der Waals surface area contributed by atoms with Gasteiger partial charge in [0, 0.05) is 37.1 Å². The molecule has 0 amide bonds. The molecule has 8 heteroatoms. The lowest BCUT2D eigenvalue weighted by Gasteiger charge is -2.31. The third kappa shape index (κ3) is 5.57. The van der Waals surface area contributed by atoms with E-state index in [9.17, 15) is 9.59 Å². The zero-order valence-electron chi connectivity index (χ0n) is 20.6. The van der Waals surface area contributed by atoms with Crippen molar-refractivity contribution in [3.63, 3.8) is 0 Å². The predicted octanol–water partition coefficient (Wildman–Crippen LogP) is 4.77. The van der Waals surface area contributed by atoms with Crippen molar-refractivity contribution in [3.8, 4) is 11.5 Å². The maximum atomic E-state index is 12.8. The number of Topliss-reactive ketones (excluding diaryl/α,β-unsaturated/α-hetero) is 1. The molecule has 0 aromatic heterocycles. The number of nitrogens with two attached hydrogens (primary N) is 1. The maximum Gasteiger partial charge on any atom is 0.342 e. The van der Waals surface area contributed by atoms with E-state index in [1.54, 1.807) is 13.2 Å². The number of rotatable bonds is 8. The molecule has 1 fully saturated rings. The Labute approximate surface area is 211 Å². The minimum atomic E-state index is -0.417. The van der Waals surface area contributed by atoms with Gasteiger partial charge in [-0.15, -0.1) is 0 Å². The molecule has 188 valence electrons. The van der Waals surface area contributed by atoms with Crippen LogP contribution in [-0.2, 0) is 11.2 Å². The number of benzene rings is 2. The quantitative estimate of drug-likeness (QED) is 0.317. The summed E-state index contributed by atoms with van der Waals surface area (Å²) in [6.07, 6.45) is 3.29. The second-order valence-corrected chi connectivity index (χ2v) is 9.75. The van der Waals surface area contributed by atoms with Gasteiger partial charge in [0.15, 0.2) is 5.78 Å². The number of likely N-dealkylation sites (tertiary alicyclic amines) is 1. The molecule has 0 unspecified atom stereocenters. The van der Waals surface area contributed by atoms with Crippen molar-refractivity contribution in [1.82, 2.24) is 4.90 Å². The van der Waals surface area contributed by atoms with Gasteiger partial charge < -0.3 is 24.8 Å². The van der Waals surface area contributed by atoms with Crippen molar-refractivity contribution in [3.05, 3.63) is 51.0 Å². The molecule has 1 saturated heterocycles. The first-order valence-corrected chi connectivity index (χ1v) is 12.5. The standard InChI is InChI=1S/C27H33ClN2O5/c1-16-13-18(14-17(2)25(16)33-3)23(31)5-4-9-30-10-6-19(7-11-30)35-27(32)21-15-22(28)24(29)20-8-12-34-26(20)21/h13-15,19H,4-12,29H2,1-3H3. The Morgan fingerprint density at radius 3 is 2.51 bits per heavy atom. The van der Waals surface area contributed by atoms with Gasteiger partial charge in [0.1, 0.15) is 23.2 Å². The highest BCUT2D eigenvalue weighted by Gasteiger charge is 2.29. The van der Waals surface area contributed by atoms with Crippen LogP contribution in [-0.4, -0.2) is 56.1 Å². The number of nitrogen functional groups attached to an aromatic ring is 1. The number of nitrogens with zero attached hydrogens (tertiary/aromatic N) is 1. The summed E-state index contributed by atoms with van der Waals surface area (Å²) < 4.78 is 16.8. The lowest BCUT2D eigenvalue weighted by atomic mass is 10.00. The Balaban J connectivity index is 1.24. The number of hydrogen-bond acceptors (Lipinski definition) is 7. The molecule has 2 aliphatic heterocycles. The van der Waals surface area contributed by atoms with Gasteiger partial charge in [-0.1, -0.05) is 11.6 Å². The van der Waals surface area contributed by atoms with E-state index in [0.717, 1.165) is 66.9 Å². The number of aryl methyl sites for hydroxylation is 2. The van der Waals surface area contributed by atoms with Crippen molar-refractivity contribution in [2.24, 2.45) is 0 Å². The molecule has 35 heavy (non-hydrogen) atoms. The van der Waals surface area contributed by atoms with E-state index in [2.05, 4.69) is 4.90 Å². The topological polar surface area (TPSA) is 91.1 Å². The Hall–Kier alpha value is -2.77. The van der Waals surface area contributed by atoms with Gasteiger partial charge in [0.05, 0.1) is 24.4 Å². The number of carbonyl (C=O) groups excluding carboxylic acids is 2. The molecule has 2 heterocycles. The largest absolute Gasteiger partial charge is 0.496 e. The number of halogens is 1. The zero-order valence-corrected chi connectivity index (χ0v) is 21.4. The van der Waals surface area contributed by atoms with E-state index < -0.39 is 5.97 Å². The van der Waals surface area contributed by atoms with Gasteiger partial charge in [0.25, 0.3) is 0 Å². The van der Waals surface area contributed by atoms with Crippen LogP contribution in [0.2, 0.25) is 5.02 Å². The molecule has 0 atom stereocenters. The number of fused-ring (bicyclic) bond motifs is 1. The first kappa shape index (κ1) is 25.3. The Morgan fingerprint density at radius 2 is 1.86 bits per heavy atom. The average Bonchev–Trinajstić information content (AvgIpc) is 3.32. The lowest BCUT2D eigenvalue weighted by molar-refractivity contribution is 0.0109. The number of piperidine rings is 1. The fraction of sp³-hybridized carbons (Fsp3) is 0.481. The van der Waals surface area contributed by atoms with E-state index in [4.69, 9.17) is 31.5 Å². The summed E-state index contributed by atoms with van der Waals surface area (Å²) in [5.74, 6) is 1.07. The molecule has 0 spiro atoms. The van der Waals surface area contributed by atoms with Crippen LogP contribution in [0, 0.1) is 13.8 Å². The van der Waals surface area contributed by atoms with Gasteiger partial charge in [-0.2, -0.15) is 0 Å². The number of ketones is 1. The minimum absolute atomic E-state index is 0.152. The molecule has 2 aromatic rings. The van der Waals surface area contributed by atoms with Gasteiger partial charge >= 0.3 is 5.97 Å². The van der Waals surface area contributed by atoms with Crippen LogP contribution < -0.4 is 15.2 Å². The molecular weight excluding hydrogens is 468 g/mol. The summed E-state index contributed by atoms with van der Waals surface area (Å²) in [5, 5.41) is 0.352. The summed E-state index contributed by atoms with van der Waals surface area (Å²) in [7, 11) is 1.65. The number of ether oxygens (including phenoxy) is 3. The first-order valence-electron chi connectivity index (χ1n) is 12.1. The SMILES string of the molecule is COc1c(C)cc(C(=O)CCCN2CCC(OC(=O)c3cc(Cl)c(N)c4c3OCC4)CC2)cc1C. The highest BCUT2D eigenvalue weighted by Crippen LogP contribution is 2.39. The number of anilines is 1. The van der Waals surface area contributed by atoms with Gasteiger partial charge in [-0.25, -0.2) is 4.79 Å². The lowest BCUT2D eigenvalue weighted by Crippen LogP contribution is -2.38. The molecule has 0 radical (unpaired) electrons. The van der Waals surface area contributed by atoms with E-state index in [1.807, 2.05) is 26.0 Å². The van der Waals surface area contributed by atoms with Crippen molar-refractivity contribution in [2.75, 3.05) is 39.1 Å². The van der Waals surface area contributed by atoms with Gasteiger partial charge in [-0.05, 0) is 69.0 Å². The van der Waals surface area contributed by atoms with Crippen LogP contribution in [0.4, 0.5) is 5.69 Å². The number of carbonyl (C=O) groups is 2. The van der Waals surface area contributed by atoms with Crippen molar-refractivity contribution in [2.45, 2.75) is 52.1 Å². The second kappa shape index (κ2) is 10.9. The number of esters is 1. The molecule has 4 rings (SSSR count). The zero-order chi connectivity index (χ0) is 25.1. The molecule has 7 nitrogen and oxygen atoms in total. The van der Waals surface area contributed by atoms with Crippen LogP contribution in [0.25, 0.3) is 0 Å². The highest BCUT2D eigenvalue weighted by atomic mass is 35.5. The van der Waals surface area contributed by atoms with Crippen LogP contribution in [0.5, 0.6) is 11.5 Å². The van der Waals surface area contributed by atoms with E-state index in [1.165, 1.54) is 0 Å². The fourth-order valence-electron chi connectivity index (χ4n) is 5.03. The van der Waals surface area contributed by atoms with Crippen LogP contribution >= 0.6 is 11.6 Å². The molecular formula is C27H33ClN2O5. The Bertz CT molecular complexity index is 1100. The van der Waals surface area contributed by atoms with Crippen molar-refractivity contribution < 1.29 is 23.8 Å². The third-order valence-corrected chi connectivity index (χ3v) is 7.18. The predicted molar refractivity (Wildman–Crippen MR) is 136 cm³/mol. The molecule has 2 aliphatic rings. The smallest absolute Gasteiger partial charge is 0.342 e. The van der Waals surface area contributed by atoms with E-state index in [-0.39, 0.29) is 11.9 Å². The summed E-state index contributed by atoms with van der Waals surface area (Å²) in [6.45, 7) is 6.89. The third-order valence-electron chi connectivity index (χ3n) is 6.86. The van der Waals surface area contributed by atoms with Crippen molar-refractivity contribution >= 4 is 29.0 Å². The number of hydrogen-bond donors (Lipinski definition) is 1. The molecule has 0 saturated carbocycles. The van der Waals surface area contributed by atoms with E-state index >= 15 is 0 Å². The molecule has 2 N–H and O–H groups in total. The summed E-state index contributed by atoms with van der Waals surface area (Å²) >= 11 is 6.22. The van der Waals surface area contributed by atoms with Crippen LogP contribution in [0.3, 0.4) is 0 Å².